The molecule has 0 radical (unpaired) electrons. The summed E-state index contributed by atoms with van der Waals surface area (Å²) in [6.45, 7) is 5.23. The minimum absolute atomic E-state index is 0.0214. The Bertz CT molecular complexity index is 957. The SMILES string of the molecule is CC/C=C\C/C=C\C/C=C\C/C=C\CCCCCCCOCC(COP(=O)([O-])OCC[N+](C)(C)C)OC(=O)CCCCCCCCCCCCC. The first-order valence-electron chi connectivity index (χ1n) is 20.4. The van der Waals surface area contributed by atoms with Crippen LogP contribution in [0.3, 0.4) is 0 Å². The quantitative estimate of drug-likeness (QED) is 0.0206. The molecule has 51 heavy (non-hydrogen) atoms. The second-order valence-corrected chi connectivity index (χ2v) is 16.0. The van der Waals surface area contributed by atoms with Gasteiger partial charge < -0.3 is 27.9 Å². The normalized spacial score (nSPS) is 14.4. The van der Waals surface area contributed by atoms with E-state index in [1.54, 1.807) is 0 Å². The first kappa shape index (κ1) is 49.5. The molecule has 0 aromatic rings. The molecule has 2 unspecified atom stereocenters. The monoisotopic (exact) mass is 740 g/mol. The highest BCUT2D eigenvalue weighted by Gasteiger charge is 2.20. The van der Waals surface area contributed by atoms with E-state index in [0.717, 1.165) is 70.6 Å². The minimum atomic E-state index is -4.52. The van der Waals surface area contributed by atoms with Crippen molar-refractivity contribution in [2.24, 2.45) is 0 Å². The molecule has 0 amide bonds. The van der Waals surface area contributed by atoms with Crippen LogP contribution in [0.15, 0.2) is 48.6 Å². The van der Waals surface area contributed by atoms with E-state index in [9.17, 15) is 14.3 Å². The van der Waals surface area contributed by atoms with Gasteiger partial charge in [-0.1, -0.05) is 146 Å². The number of allylic oxidation sites excluding steroid dienone is 8. The van der Waals surface area contributed by atoms with Gasteiger partial charge >= 0.3 is 5.97 Å². The summed E-state index contributed by atoms with van der Waals surface area (Å²) < 4.78 is 34.5. The van der Waals surface area contributed by atoms with Gasteiger partial charge in [-0.25, -0.2) is 0 Å². The van der Waals surface area contributed by atoms with Crippen molar-refractivity contribution in [3.8, 4) is 0 Å². The van der Waals surface area contributed by atoms with E-state index in [1.165, 1.54) is 64.2 Å². The van der Waals surface area contributed by atoms with Gasteiger partial charge in [0.15, 0.2) is 0 Å². The lowest BCUT2D eigenvalue weighted by molar-refractivity contribution is -0.870. The van der Waals surface area contributed by atoms with E-state index in [1.807, 2.05) is 21.1 Å². The Balaban J connectivity index is 4.29. The van der Waals surface area contributed by atoms with Crippen molar-refractivity contribution >= 4 is 13.8 Å². The van der Waals surface area contributed by atoms with Gasteiger partial charge in [-0.15, -0.1) is 0 Å². The lowest BCUT2D eigenvalue weighted by Crippen LogP contribution is -2.37. The van der Waals surface area contributed by atoms with Crippen molar-refractivity contribution in [2.75, 3.05) is 54.1 Å². The molecule has 0 rings (SSSR count). The van der Waals surface area contributed by atoms with Crippen molar-refractivity contribution in [3.63, 3.8) is 0 Å². The summed E-state index contributed by atoms with van der Waals surface area (Å²) in [5.41, 5.74) is 0. The topological polar surface area (TPSA) is 94.1 Å². The van der Waals surface area contributed by atoms with Gasteiger partial charge in [-0.3, -0.25) is 9.36 Å². The number of carbonyl (C=O) groups excluding carboxylic acids is 1. The molecule has 2 atom stereocenters. The van der Waals surface area contributed by atoms with Crippen LogP contribution in [0.4, 0.5) is 0 Å². The summed E-state index contributed by atoms with van der Waals surface area (Å²) in [6.07, 6.45) is 41.2. The number of ether oxygens (including phenoxy) is 2. The van der Waals surface area contributed by atoms with Crippen molar-refractivity contribution in [3.05, 3.63) is 48.6 Å². The Labute approximate surface area is 314 Å². The van der Waals surface area contributed by atoms with Crippen molar-refractivity contribution in [1.82, 2.24) is 0 Å². The maximum absolute atomic E-state index is 12.6. The number of phosphoric acid groups is 1. The average molecular weight is 740 g/mol. The zero-order valence-electron chi connectivity index (χ0n) is 33.5. The molecule has 0 bridgehead atoms. The predicted molar refractivity (Wildman–Crippen MR) is 213 cm³/mol. The van der Waals surface area contributed by atoms with E-state index in [2.05, 4.69) is 62.5 Å². The van der Waals surface area contributed by atoms with E-state index >= 15 is 0 Å². The Morgan fingerprint density at radius 1 is 0.627 bits per heavy atom. The highest BCUT2D eigenvalue weighted by Crippen LogP contribution is 2.38. The van der Waals surface area contributed by atoms with Gasteiger partial charge in [0.1, 0.15) is 19.3 Å². The molecular weight excluding hydrogens is 661 g/mol. The van der Waals surface area contributed by atoms with Gasteiger partial charge in [0.05, 0.1) is 34.4 Å². The number of likely N-dealkylation sites (N-methyl/N-ethyl adjacent to an activating group) is 1. The summed E-state index contributed by atoms with van der Waals surface area (Å²) in [7, 11) is 1.34. The summed E-state index contributed by atoms with van der Waals surface area (Å²) >= 11 is 0. The van der Waals surface area contributed by atoms with E-state index in [4.69, 9.17) is 18.5 Å². The number of phosphoric ester groups is 1. The summed E-state index contributed by atoms with van der Waals surface area (Å²) in [5, 5.41) is 0. The summed E-state index contributed by atoms with van der Waals surface area (Å²) in [6, 6.07) is 0. The van der Waals surface area contributed by atoms with Crippen LogP contribution in [-0.4, -0.2) is 70.7 Å². The number of hydrogen-bond donors (Lipinski definition) is 0. The Morgan fingerprint density at radius 2 is 1.14 bits per heavy atom. The molecule has 0 saturated heterocycles. The fourth-order valence-corrected chi connectivity index (χ4v) is 5.97. The van der Waals surface area contributed by atoms with Crippen LogP contribution in [0, 0.1) is 0 Å². The van der Waals surface area contributed by atoms with Gasteiger partial charge in [0.25, 0.3) is 7.82 Å². The fourth-order valence-electron chi connectivity index (χ4n) is 5.24. The van der Waals surface area contributed by atoms with Crippen molar-refractivity contribution in [2.45, 2.75) is 161 Å². The highest BCUT2D eigenvalue weighted by molar-refractivity contribution is 7.45. The molecule has 0 aromatic heterocycles. The Kier molecular flexibility index (Phi) is 34.4. The smallest absolute Gasteiger partial charge is 0.306 e. The molecule has 0 N–H and O–H groups in total. The second kappa shape index (κ2) is 35.5. The second-order valence-electron chi connectivity index (χ2n) is 14.6. The third-order valence-electron chi connectivity index (χ3n) is 8.39. The molecule has 0 heterocycles. The maximum atomic E-state index is 12.6. The van der Waals surface area contributed by atoms with Gasteiger partial charge in [0.2, 0.25) is 0 Å². The minimum Gasteiger partial charge on any atom is -0.756 e. The van der Waals surface area contributed by atoms with E-state index < -0.39 is 13.9 Å². The molecule has 0 aliphatic heterocycles. The van der Waals surface area contributed by atoms with Crippen LogP contribution < -0.4 is 4.89 Å². The van der Waals surface area contributed by atoms with Crippen LogP contribution in [0.5, 0.6) is 0 Å². The molecule has 0 aliphatic rings. The van der Waals surface area contributed by atoms with Gasteiger partial charge in [0, 0.05) is 13.0 Å². The number of nitrogens with zero attached hydrogens (tertiary/aromatic N) is 1. The lowest BCUT2D eigenvalue weighted by Gasteiger charge is -2.28. The molecule has 0 spiro atoms. The average Bonchev–Trinajstić information content (AvgIpc) is 3.08. The van der Waals surface area contributed by atoms with Crippen molar-refractivity contribution < 1.29 is 37.3 Å². The van der Waals surface area contributed by atoms with Crippen molar-refractivity contribution in [1.29, 1.82) is 0 Å². The van der Waals surface area contributed by atoms with Crippen LogP contribution in [0.25, 0.3) is 0 Å². The number of hydrogen-bond acceptors (Lipinski definition) is 7. The van der Waals surface area contributed by atoms with Gasteiger partial charge in [-0.2, -0.15) is 0 Å². The standard InChI is InChI=1S/C42H78NO7P/c1-6-8-10-12-14-16-18-19-20-21-22-23-24-26-28-30-32-34-37-47-39-41(40-49-51(45,46)48-38-36-43(3,4)5)50-42(44)35-33-31-29-27-25-17-15-13-11-9-7-2/h8,10,14,16,19-20,22-23,41H,6-7,9,11-13,15,17-18,21,24-40H2,1-5H3/b10-8-,16-14-,20-19-,23-22-. The lowest BCUT2D eigenvalue weighted by atomic mass is 10.1. The van der Waals surface area contributed by atoms with Crippen LogP contribution >= 0.6 is 7.82 Å². The first-order valence-corrected chi connectivity index (χ1v) is 21.8. The molecule has 298 valence electrons. The number of carbonyl (C=O) groups is 1. The van der Waals surface area contributed by atoms with E-state index in [-0.39, 0.29) is 25.8 Å². The first-order chi connectivity index (χ1) is 24.6. The molecule has 0 saturated carbocycles. The number of rotatable bonds is 37. The highest BCUT2D eigenvalue weighted by atomic mass is 31.2. The van der Waals surface area contributed by atoms with Crippen LogP contribution in [0.2, 0.25) is 0 Å². The van der Waals surface area contributed by atoms with Crippen LogP contribution in [-0.2, 0) is 27.9 Å². The molecule has 0 aromatic carbocycles. The maximum Gasteiger partial charge on any atom is 0.306 e. The molecule has 0 aliphatic carbocycles. The summed E-state index contributed by atoms with van der Waals surface area (Å²) in [5.74, 6) is -0.344. The Hall–Kier alpha value is -1.54. The summed E-state index contributed by atoms with van der Waals surface area (Å²) in [4.78, 5) is 24.9. The van der Waals surface area contributed by atoms with Crippen LogP contribution in [0.1, 0.15) is 155 Å². The molecule has 8 nitrogen and oxygen atoms in total. The third-order valence-corrected chi connectivity index (χ3v) is 9.36. The zero-order chi connectivity index (χ0) is 37.7. The van der Waals surface area contributed by atoms with E-state index in [0.29, 0.717) is 24.1 Å². The fraction of sp³-hybridized carbons (Fsp3) is 0.786. The largest absolute Gasteiger partial charge is 0.756 e. The molecular formula is C42H78NO7P. The number of esters is 1. The third kappa shape index (κ3) is 39.5. The number of unbranched alkanes of at least 4 members (excludes halogenated alkanes) is 15. The molecule has 9 heteroatoms. The molecule has 0 fully saturated rings. The Morgan fingerprint density at radius 3 is 1.71 bits per heavy atom. The number of quaternary nitrogens is 1. The zero-order valence-corrected chi connectivity index (χ0v) is 34.4. The predicted octanol–water partition coefficient (Wildman–Crippen LogP) is 11.0. The van der Waals surface area contributed by atoms with Gasteiger partial charge in [-0.05, 0) is 51.4 Å².